The van der Waals surface area contributed by atoms with Crippen LogP contribution in [-0.2, 0) is 0 Å². The van der Waals surface area contributed by atoms with Crippen LogP contribution in [0.2, 0.25) is 0 Å². The van der Waals surface area contributed by atoms with Gasteiger partial charge in [-0.3, -0.25) is 4.79 Å². The summed E-state index contributed by atoms with van der Waals surface area (Å²) in [5, 5.41) is 12.6. The summed E-state index contributed by atoms with van der Waals surface area (Å²) in [6.45, 7) is 0.192. The smallest absolute Gasteiger partial charge is 0.254 e. The molecule has 1 saturated carbocycles. The largest absolute Gasteiger partial charge is 0.391 e. The topological polar surface area (TPSA) is 49.3 Å². The SMILES string of the molecule is O=C(NC[C@H](O)C1CCCCC1)c1ccccc1F. The van der Waals surface area contributed by atoms with Crippen molar-refractivity contribution in [2.45, 2.75) is 38.2 Å². The fourth-order valence-corrected chi connectivity index (χ4v) is 2.62. The molecule has 1 atom stereocenters. The van der Waals surface area contributed by atoms with Crippen LogP contribution in [-0.4, -0.2) is 23.7 Å². The molecule has 19 heavy (non-hydrogen) atoms. The van der Waals surface area contributed by atoms with E-state index in [1.165, 1.54) is 18.6 Å². The molecule has 2 rings (SSSR count). The molecule has 2 N–H and O–H groups in total. The standard InChI is InChI=1S/C15H20FNO2/c16-13-9-5-4-8-12(13)15(19)17-10-14(18)11-6-2-1-3-7-11/h4-5,8-9,11,14,18H,1-3,6-7,10H2,(H,17,19)/t14-/m0/s1. The summed E-state index contributed by atoms with van der Waals surface area (Å²) >= 11 is 0. The first-order valence-corrected chi connectivity index (χ1v) is 6.89. The van der Waals surface area contributed by atoms with Crippen molar-refractivity contribution in [1.29, 1.82) is 0 Å². The zero-order chi connectivity index (χ0) is 13.7. The minimum absolute atomic E-state index is 0.0262. The van der Waals surface area contributed by atoms with Crippen LogP contribution in [0.4, 0.5) is 4.39 Å². The van der Waals surface area contributed by atoms with Gasteiger partial charge in [-0.05, 0) is 30.9 Å². The van der Waals surface area contributed by atoms with Gasteiger partial charge in [-0.15, -0.1) is 0 Å². The Morgan fingerprint density at radius 2 is 2.00 bits per heavy atom. The van der Waals surface area contributed by atoms with Gasteiger partial charge in [0.2, 0.25) is 0 Å². The second kappa shape index (κ2) is 6.66. The van der Waals surface area contributed by atoms with Crippen molar-refractivity contribution < 1.29 is 14.3 Å². The summed E-state index contributed by atoms with van der Waals surface area (Å²) in [4.78, 5) is 11.8. The molecular formula is C15H20FNO2. The molecule has 0 saturated heterocycles. The Kier molecular flexibility index (Phi) is 4.91. The van der Waals surface area contributed by atoms with E-state index in [0.29, 0.717) is 0 Å². The van der Waals surface area contributed by atoms with Gasteiger partial charge in [-0.2, -0.15) is 0 Å². The van der Waals surface area contributed by atoms with E-state index in [4.69, 9.17) is 0 Å². The van der Waals surface area contributed by atoms with Crippen molar-refractivity contribution >= 4 is 5.91 Å². The molecule has 1 aromatic rings. The molecule has 1 aliphatic rings. The van der Waals surface area contributed by atoms with Crippen LogP contribution in [0.25, 0.3) is 0 Å². The minimum atomic E-state index is -0.535. The minimum Gasteiger partial charge on any atom is -0.391 e. The normalized spacial score (nSPS) is 18.0. The van der Waals surface area contributed by atoms with Gasteiger partial charge in [-0.1, -0.05) is 31.4 Å². The number of aliphatic hydroxyl groups is 1. The Hall–Kier alpha value is -1.42. The number of halogens is 1. The third kappa shape index (κ3) is 3.77. The average molecular weight is 265 g/mol. The molecule has 0 spiro atoms. The molecule has 4 heteroatoms. The number of benzene rings is 1. The Labute approximate surface area is 112 Å². The van der Waals surface area contributed by atoms with E-state index in [1.54, 1.807) is 12.1 Å². The Morgan fingerprint density at radius 3 is 2.68 bits per heavy atom. The molecule has 0 heterocycles. The monoisotopic (exact) mass is 265 g/mol. The van der Waals surface area contributed by atoms with Crippen molar-refractivity contribution in [3.63, 3.8) is 0 Å². The predicted octanol–water partition coefficient (Wildman–Crippen LogP) is 2.50. The molecule has 0 aliphatic heterocycles. The van der Waals surface area contributed by atoms with Crippen LogP contribution in [0.1, 0.15) is 42.5 Å². The lowest BCUT2D eigenvalue weighted by molar-refractivity contribution is 0.0736. The predicted molar refractivity (Wildman–Crippen MR) is 71.3 cm³/mol. The number of carbonyl (C=O) groups is 1. The number of hydrogen-bond donors (Lipinski definition) is 2. The fraction of sp³-hybridized carbons (Fsp3) is 0.533. The second-order valence-electron chi connectivity index (χ2n) is 5.16. The average Bonchev–Trinajstić information content (AvgIpc) is 2.46. The zero-order valence-electron chi connectivity index (χ0n) is 10.9. The van der Waals surface area contributed by atoms with Gasteiger partial charge in [0.15, 0.2) is 0 Å². The van der Waals surface area contributed by atoms with Gasteiger partial charge >= 0.3 is 0 Å². The maximum Gasteiger partial charge on any atom is 0.254 e. The van der Waals surface area contributed by atoms with Gasteiger partial charge < -0.3 is 10.4 Å². The summed E-state index contributed by atoms with van der Waals surface area (Å²) in [6, 6.07) is 5.86. The molecule has 1 amide bonds. The Balaban J connectivity index is 1.84. The molecule has 3 nitrogen and oxygen atoms in total. The van der Waals surface area contributed by atoms with Gasteiger partial charge in [-0.25, -0.2) is 4.39 Å². The van der Waals surface area contributed by atoms with Crippen LogP contribution in [0, 0.1) is 11.7 Å². The van der Waals surface area contributed by atoms with Gasteiger partial charge in [0, 0.05) is 6.54 Å². The highest BCUT2D eigenvalue weighted by Crippen LogP contribution is 2.26. The van der Waals surface area contributed by atoms with Crippen molar-refractivity contribution in [1.82, 2.24) is 5.32 Å². The van der Waals surface area contributed by atoms with Crippen LogP contribution < -0.4 is 5.32 Å². The number of carbonyl (C=O) groups excluding carboxylic acids is 1. The van der Waals surface area contributed by atoms with Crippen molar-refractivity contribution in [3.05, 3.63) is 35.6 Å². The number of amides is 1. The lowest BCUT2D eigenvalue weighted by Crippen LogP contribution is -2.37. The van der Waals surface area contributed by atoms with Crippen molar-refractivity contribution in [2.75, 3.05) is 6.54 Å². The third-order valence-corrected chi connectivity index (χ3v) is 3.78. The lowest BCUT2D eigenvalue weighted by Gasteiger charge is -2.26. The maximum absolute atomic E-state index is 13.4. The van der Waals surface area contributed by atoms with Gasteiger partial charge in [0.25, 0.3) is 5.91 Å². The molecule has 1 fully saturated rings. The fourth-order valence-electron chi connectivity index (χ4n) is 2.62. The highest BCUT2D eigenvalue weighted by atomic mass is 19.1. The van der Waals surface area contributed by atoms with E-state index in [9.17, 15) is 14.3 Å². The molecule has 0 radical (unpaired) electrons. The van der Waals surface area contributed by atoms with Crippen LogP contribution in [0.15, 0.2) is 24.3 Å². The lowest BCUT2D eigenvalue weighted by atomic mass is 9.85. The van der Waals surface area contributed by atoms with Crippen LogP contribution in [0.5, 0.6) is 0 Å². The first kappa shape index (κ1) is 14.0. The zero-order valence-corrected chi connectivity index (χ0v) is 10.9. The second-order valence-corrected chi connectivity index (χ2v) is 5.16. The summed E-state index contributed by atoms with van der Waals surface area (Å²) in [5.41, 5.74) is 0.0262. The molecule has 0 aromatic heterocycles. The van der Waals surface area contributed by atoms with Crippen molar-refractivity contribution in [2.24, 2.45) is 5.92 Å². The highest BCUT2D eigenvalue weighted by Gasteiger charge is 2.22. The summed E-state index contributed by atoms with van der Waals surface area (Å²) in [7, 11) is 0. The number of nitrogens with one attached hydrogen (secondary N) is 1. The summed E-state index contributed by atoms with van der Waals surface area (Å²) in [6.07, 6.45) is 5.00. The first-order chi connectivity index (χ1) is 9.18. The molecule has 1 aromatic carbocycles. The third-order valence-electron chi connectivity index (χ3n) is 3.78. The van der Waals surface area contributed by atoms with Gasteiger partial charge in [0.05, 0.1) is 11.7 Å². The molecule has 1 aliphatic carbocycles. The highest BCUT2D eigenvalue weighted by molar-refractivity contribution is 5.94. The van der Waals surface area contributed by atoms with E-state index < -0.39 is 17.8 Å². The number of hydrogen-bond acceptors (Lipinski definition) is 2. The quantitative estimate of drug-likeness (QED) is 0.878. The number of aliphatic hydroxyl groups excluding tert-OH is 1. The Bertz CT molecular complexity index is 430. The van der Waals surface area contributed by atoms with Gasteiger partial charge in [0.1, 0.15) is 5.82 Å². The molecule has 0 unspecified atom stereocenters. The van der Waals surface area contributed by atoms with E-state index in [-0.39, 0.29) is 18.0 Å². The van der Waals surface area contributed by atoms with Crippen LogP contribution in [0.3, 0.4) is 0 Å². The van der Waals surface area contributed by atoms with E-state index in [1.807, 2.05) is 0 Å². The summed E-state index contributed by atoms with van der Waals surface area (Å²) in [5.74, 6) is -0.741. The molecular weight excluding hydrogens is 245 g/mol. The van der Waals surface area contributed by atoms with E-state index >= 15 is 0 Å². The maximum atomic E-state index is 13.4. The van der Waals surface area contributed by atoms with Crippen molar-refractivity contribution in [3.8, 4) is 0 Å². The first-order valence-electron chi connectivity index (χ1n) is 6.89. The van der Waals surface area contributed by atoms with E-state index in [0.717, 1.165) is 25.7 Å². The van der Waals surface area contributed by atoms with E-state index in [2.05, 4.69) is 5.32 Å². The Morgan fingerprint density at radius 1 is 1.32 bits per heavy atom. The molecule has 0 bridgehead atoms. The number of rotatable bonds is 4. The molecule has 104 valence electrons. The van der Waals surface area contributed by atoms with Crippen LogP contribution >= 0.6 is 0 Å². The summed E-state index contributed by atoms with van der Waals surface area (Å²) < 4.78 is 13.4.